The molecule has 0 bridgehead atoms. The molecule has 0 spiro atoms. The average Bonchev–Trinajstić information content (AvgIpc) is 2.13. The molecule has 88 valence electrons. The van der Waals surface area contributed by atoms with E-state index in [0.29, 0.717) is 18.8 Å². The second-order valence-electron chi connectivity index (χ2n) is 4.28. The number of rotatable bonds is 8. The van der Waals surface area contributed by atoms with Crippen molar-refractivity contribution < 1.29 is 14.3 Å². The number of ether oxygens (including phenoxy) is 1. The Morgan fingerprint density at radius 3 is 2.47 bits per heavy atom. The van der Waals surface area contributed by atoms with E-state index in [4.69, 9.17) is 4.74 Å². The maximum absolute atomic E-state index is 11.2. The summed E-state index contributed by atoms with van der Waals surface area (Å²) in [6.45, 7) is 5.81. The molecule has 3 nitrogen and oxygen atoms in total. The third kappa shape index (κ3) is 9.44. The topological polar surface area (TPSA) is 43.4 Å². The summed E-state index contributed by atoms with van der Waals surface area (Å²) in [4.78, 5) is 21.3. The summed E-state index contributed by atoms with van der Waals surface area (Å²) < 4.78 is 5.02. The SMILES string of the molecule is CC(CCC=O)CCCC(=O)OC(C)C. The van der Waals surface area contributed by atoms with Gasteiger partial charge in [-0.05, 0) is 32.6 Å². The van der Waals surface area contributed by atoms with E-state index in [1.54, 1.807) is 0 Å². The fraction of sp³-hybridized carbons (Fsp3) is 0.833. The van der Waals surface area contributed by atoms with Gasteiger partial charge in [-0.15, -0.1) is 0 Å². The van der Waals surface area contributed by atoms with Crippen LogP contribution in [0.3, 0.4) is 0 Å². The van der Waals surface area contributed by atoms with Crippen LogP contribution in [0.2, 0.25) is 0 Å². The summed E-state index contributed by atoms with van der Waals surface area (Å²) >= 11 is 0. The van der Waals surface area contributed by atoms with Crippen LogP contribution in [0, 0.1) is 5.92 Å². The van der Waals surface area contributed by atoms with Gasteiger partial charge in [0.25, 0.3) is 0 Å². The highest BCUT2D eigenvalue weighted by molar-refractivity contribution is 5.69. The molecule has 3 heteroatoms. The fourth-order valence-corrected chi connectivity index (χ4v) is 1.41. The Balaban J connectivity index is 3.43. The second-order valence-corrected chi connectivity index (χ2v) is 4.28. The number of aldehydes is 1. The molecule has 0 aliphatic carbocycles. The Kier molecular flexibility index (Phi) is 7.96. The quantitative estimate of drug-likeness (QED) is 0.461. The zero-order chi connectivity index (χ0) is 11.7. The standard InChI is InChI=1S/C12H22O3/c1-10(2)15-12(14)8-4-6-11(3)7-5-9-13/h9-11H,4-8H2,1-3H3. The molecule has 0 aliphatic heterocycles. The minimum Gasteiger partial charge on any atom is -0.463 e. The second kappa shape index (κ2) is 8.45. The summed E-state index contributed by atoms with van der Waals surface area (Å²) in [5.74, 6) is 0.398. The summed E-state index contributed by atoms with van der Waals surface area (Å²) in [6, 6.07) is 0. The number of carbonyl (C=O) groups is 2. The highest BCUT2D eigenvalue weighted by Crippen LogP contribution is 2.13. The van der Waals surface area contributed by atoms with E-state index in [9.17, 15) is 9.59 Å². The van der Waals surface area contributed by atoms with Gasteiger partial charge in [-0.3, -0.25) is 4.79 Å². The first-order valence-electron chi connectivity index (χ1n) is 5.69. The van der Waals surface area contributed by atoms with E-state index in [1.165, 1.54) is 0 Å². The highest BCUT2D eigenvalue weighted by Gasteiger charge is 2.07. The van der Waals surface area contributed by atoms with Gasteiger partial charge in [-0.25, -0.2) is 0 Å². The highest BCUT2D eigenvalue weighted by atomic mass is 16.5. The molecule has 15 heavy (non-hydrogen) atoms. The van der Waals surface area contributed by atoms with Gasteiger partial charge in [0.1, 0.15) is 6.29 Å². The minimum absolute atomic E-state index is 0.0232. The zero-order valence-electron chi connectivity index (χ0n) is 9.99. The molecule has 0 heterocycles. The monoisotopic (exact) mass is 214 g/mol. The van der Waals surface area contributed by atoms with Gasteiger partial charge < -0.3 is 9.53 Å². The van der Waals surface area contributed by atoms with E-state index in [-0.39, 0.29) is 12.1 Å². The molecule has 1 atom stereocenters. The lowest BCUT2D eigenvalue weighted by Crippen LogP contribution is -2.11. The van der Waals surface area contributed by atoms with E-state index in [1.807, 2.05) is 13.8 Å². The smallest absolute Gasteiger partial charge is 0.306 e. The third-order valence-corrected chi connectivity index (χ3v) is 2.22. The molecule has 0 aliphatic rings. The molecule has 1 unspecified atom stereocenters. The first-order chi connectivity index (χ1) is 7.06. The molecule has 0 aromatic carbocycles. The molecule has 0 saturated heterocycles. The Hall–Kier alpha value is -0.860. The van der Waals surface area contributed by atoms with E-state index < -0.39 is 0 Å². The molecule has 0 amide bonds. The van der Waals surface area contributed by atoms with Crippen LogP contribution >= 0.6 is 0 Å². The first kappa shape index (κ1) is 14.1. The van der Waals surface area contributed by atoms with Gasteiger partial charge in [-0.2, -0.15) is 0 Å². The lowest BCUT2D eigenvalue weighted by atomic mass is 9.99. The predicted molar refractivity (Wildman–Crippen MR) is 59.5 cm³/mol. The van der Waals surface area contributed by atoms with E-state index >= 15 is 0 Å². The summed E-state index contributed by atoms with van der Waals surface area (Å²) in [5, 5.41) is 0. The molecular weight excluding hydrogens is 192 g/mol. The van der Waals surface area contributed by atoms with Crippen LogP contribution < -0.4 is 0 Å². The Labute approximate surface area is 92.2 Å². The van der Waals surface area contributed by atoms with Crippen molar-refractivity contribution in [3.8, 4) is 0 Å². The van der Waals surface area contributed by atoms with E-state index in [2.05, 4.69) is 6.92 Å². The van der Waals surface area contributed by atoms with Crippen molar-refractivity contribution >= 4 is 12.3 Å². The van der Waals surface area contributed by atoms with Crippen molar-refractivity contribution in [1.82, 2.24) is 0 Å². The summed E-state index contributed by atoms with van der Waals surface area (Å²) in [5.41, 5.74) is 0. The molecule has 0 radical (unpaired) electrons. The van der Waals surface area contributed by atoms with Crippen molar-refractivity contribution in [2.45, 2.75) is 59.0 Å². The molecule has 0 aromatic heterocycles. The Morgan fingerprint density at radius 1 is 1.27 bits per heavy atom. The van der Waals surface area contributed by atoms with Gasteiger partial charge >= 0.3 is 5.97 Å². The number of hydrogen-bond donors (Lipinski definition) is 0. The Bertz CT molecular complexity index is 187. The molecule has 0 aromatic rings. The van der Waals surface area contributed by atoms with Gasteiger partial charge in [0, 0.05) is 12.8 Å². The first-order valence-corrected chi connectivity index (χ1v) is 5.69. The van der Waals surface area contributed by atoms with Crippen molar-refractivity contribution in [3.63, 3.8) is 0 Å². The molecule has 0 fully saturated rings. The number of hydrogen-bond acceptors (Lipinski definition) is 3. The number of carbonyl (C=O) groups excluding carboxylic acids is 2. The van der Waals surface area contributed by atoms with Crippen LogP contribution in [0.4, 0.5) is 0 Å². The fourth-order valence-electron chi connectivity index (χ4n) is 1.41. The van der Waals surface area contributed by atoms with Crippen LogP contribution in [0.15, 0.2) is 0 Å². The number of esters is 1. The lowest BCUT2D eigenvalue weighted by Gasteiger charge is -2.10. The minimum atomic E-state index is -0.118. The van der Waals surface area contributed by atoms with Gasteiger partial charge in [-0.1, -0.05) is 13.3 Å². The van der Waals surface area contributed by atoms with E-state index in [0.717, 1.165) is 25.5 Å². The average molecular weight is 214 g/mol. The van der Waals surface area contributed by atoms with Crippen molar-refractivity contribution in [1.29, 1.82) is 0 Å². The van der Waals surface area contributed by atoms with Crippen molar-refractivity contribution in [2.75, 3.05) is 0 Å². The maximum Gasteiger partial charge on any atom is 0.306 e. The van der Waals surface area contributed by atoms with Crippen LogP contribution in [0.5, 0.6) is 0 Å². The van der Waals surface area contributed by atoms with Gasteiger partial charge in [0.2, 0.25) is 0 Å². The van der Waals surface area contributed by atoms with Crippen LogP contribution in [-0.4, -0.2) is 18.4 Å². The summed E-state index contributed by atoms with van der Waals surface area (Å²) in [7, 11) is 0. The van der Waals surface area contributed by atoms with Crippen LogP contribution in [-0.2, 0) is 14.3 Å². The molecule has 0 N–H and O–H groups in total. The molecule has 0 saturated carbocycles. The van der Waals surface area contributed by atoms with Crippen LogP contribution in [0.1, 0.15) is 52.9 Å². The van der Waals surface area contributed by atoms with Crippen molar-refractivity contribution in [3.05, 3.63) is 0 Å². The third-order valence-electron chi connectivity index (χ3n) is 2.22. The van der Waals surface area contributed by atoms with Crippen LogP contribution in [0.25, 0.3) is 0 Å². The maximum atomic E-state index is 11.2. The van der Waals surface area contributed by atoms with Gasteiger partial charge in [0.05, 0.1) is 6.10 Å². The lowest BCUT2D eigenvalue weighted by molar-refractivity contribution is -0.147. The van der Waals surface area contributed by atoms with Crippen molar-refractivity contribution in [2.24, 2.45) is 5.92 Å². The molecular formula is C12H22O3. The largest absolute Gasteiger partial charge is 0.463 e. The summed E-state index contributed by atoms with van der Waals surface area (Å²) in [6.07, 6.45) is 4.80. The van der Waals surface area contributed by atoms with Gasteiger partial charge in [0.15, 0.2) is 0 Å². The normalized spacial score (nSPS) is 12.5. The molecule has 0 rings (SSSR count). The zero-order valence-corrected chi connectivity index (χ0v) is 9.99. The predicted octanol–water partition coefficient (Wildman–Crippen LogP) is 2.72. The Morgan fingerprint density at radius 2 is 1.93 bits per heavy atom.